The molecule has 1 N–H and O–H groups in total. The fourth-order valence-electron chi connectivity index (χ4n) is 6.43. The van der Waals surface area contributed by atoms with Gasteiger partial charge < -0.3 is 14.9 Å². The number of benzene rings is 3. The van der Waals surface area contributed by atoms with Gasteiger partial charge in [-0.05, 0) is 98.5 Å². The Morgan fingerprint density at radius 1 is 0.911 bits per heavy atom. The molecule has 240 valence electrons. The largest absolute Gasteiger partial charge is 0.392 e. The number of aliphatic hydroxyl groups excluding tert-OH is 1. The van der Waals surface area contributed by atoms with E-state index in [1.165, 1.54) is 12.1 Å². The number of Topliss-reactive ketones (excluding diaryl/α,β-unsaturated/α-hetero) is 1. The van der Waals surface area contributed by atoms with Crippen molar-refractivity contribution in [3.63, 3.8) is 0 Å². The predicted octanol–water partition coefficient (Wildman–Crippen LogP) is 6.88. The van der Waals surface area contributed by atoms with Gasteiger partial charge in [0, 0.05) is 61.3 Å². The Bertz CT molecular complexity index is 1450. The standard InChI is InChI=1S/C37H44F2N2O4/c1-4-13-40(14-5-2)37(45)31-17-25(3)16-29(21-31)34(42)22-30(18-26-19-32(38)23-33(39)20-26)35(43)28-12-9-15-41(24-28)36(44)27-10-7-6-8-11-27/h6-8,10-11,16-17,19-21,23,28,30,35,43H,4-5,9,12-15,18,22,24H2,1-3H3/t28?,30?,35-/m1/s1. The van der Waals surface area contributed by atoms with Crippen LogP contribution in [0.1, 0.15) is 88.2 Å². The van der Waals surface area contributed by atoms with E-state index in [4.69, 9.17) is 0 Å². The summed E-state index contributed by atoms with van der Waals surface area (Å²) in [5, 5.41) is 11.7. The highest BCUT2D eigenvalue weighted by Crippen LogP contribution is 2.30. The third-order valence-corrected chi connectivity index (χ3v) is 8.52. The Kier molecular flexibility index (Phi) is 12.0. The molecular formula is C37H44F2N2O4. The molecule has 0 aliphatic carbocycles. The summed E-state index contributed by atoms with van der Waals surface area (Å²) in [6.07, 6.45) is 1.94. The molecule has 2 amide bonds. The number of carbonyl (C=O) groups excluding carboxylic acids is 3. The zero-order valence-electron chi connectivity index (χ0n) is 26.5. The second-order valence-corrected chi connectivity index (χ2v) is 12.3. The van der Waals surface area contributed by atoms with Crippen molar-refractivity contribution in [2.45, 2.75) is 65.4 Å². The highest BCUT2D eigenvalue weighted by molar-refractivity contribution is 6.01. The summed E-state index contributed by atoms with van der Waals surface area (Å²) in [6.45, 7) is 7.97. The fourth-order valence-corrected chi connectivity index (χ4v) is 6.43. The number of likely N-dealkylation sites (tertiary alicyclic amines) is 1. The van der Waals surface area contributed by atoms with Gasteiger partial charge in [-0.3, -0.25) is 14.4 Å². The van der Waals surface area contributed by atoms with Crippen molar-refractivity contribution in [3.8, 4) is 0 Å². The maximum atomic E-state index is 14.2. The number of carbonyl (C=O) groups is 3. The molecule has 3 aromatic carbocycles. The Balaban J connectivity index is 1.59. The third-order valence-electron chi connectivity index (χ3n) is 8.52. The number of amides is 2. The summed E-state index contributed by atoms with van der Waals surface area (Å²) >= 11 is 0. The first-order valence-corrected chi connectivity index (χ1v) is 16.0. The van der Waals surface area contributed by atoms with Crippen molar-refractivity contribution < 1.29 is 28.3 Å². The first kappa shape index (κ1) is 34.0. The molecule has 3 atom stereocenters. The van der Waals surface area contributed by atoms with Crippen molar-refractivity contribution in [1.29, 1.82) is 0 Å². The maximum Gasteiger partial charge on any atom is 0.253 e. The first-order chi connectivity index (χ1) is 21.6. The number of hydrogen-bond acceptors (Lipinski definition) is 4. The number of ketones is 1. The van der Waals surface area contributed by atoms with Gasteiger partial charge in [0.2, 0.25) is 0 Å². The molecule has 0 saturated carbocycles. The predicted molar refractivity (Wildman–Crippen MR) is 171 cm³/mol. The van der Waals surface area contributed by atoms with Gasteiger partial charge in [0.1, 0.15) is 11.6 Å². The van der Waals surface area contributed by atoms with Gasteiger partial charge in [-0.15, -0.1) is 0 Å². The number of rotatable bonds is 13. The van der Waals surface area contributed by atoms with Crippen molar-refractivity contribution in [2.75, 3.05) is 26.2 Å². The summed E-state index contributed by atoms with van der Waals surface area (Å²) in [5.74, 6) is -2.97. The van der Waals surface area contributed by atoms with Gasteiger partial charge in [0.05, 0.1) is 6.10 Å². The second kappa shape index (κ2) is 15.9. The minimum absolute atomic E-state index is 0.0725. The summed E-state index contributed by atoms with van der Waals surface area (Å²) in [5.41, 5.74) is 2.47. The zero-order chi connectivity index (χ0) is 32.5. The van der Waals surface area contributed by atoms with E-state index in [0.29, 0.717) is 61.3 Å². The van der Waals surface area contributed by atoms with Crippen LogP contribution in [0.2, 0.25) is 0 Å². The number of hydrogen-bond donors (Lipinski definition) is 1. The van der Waals surface area contributed by atoms with Gasteiger partial charge >= 0.3 is 0 Å². The molecular weight excluding hydrogens is 574 g/mol. The summed E-state index contributed by atoms with van der Waals surface area (Å²) < 4.78 is 28.3. The molecule has 6 nitrogen and oxygen atoms in total. The van der Waals surface area contributed by atoms with Crippen LogP contribution >= 0.6 is 0 Å². The Morgan fingerprint density at radius 2 is 1.56 bits per heavy atom. The van der Waals surface area contributed by atoms with Gasteiger partial charge in [-0.2, -0.15) is 0 Å². The van der Waals surface area contributed by atoms with E-state index in [-0.39, 0.29) is 36.4 Å². The van der Waals surface area contributed by atoms with Crippen LogP contribution in [0.4, 0.5) is 8.78 Å². The molecule has 8 heteroatoms. The van der Waals surface area contributed by atoms with Gasteiger partial charge in [0.25, 0.3) is 11.8 Å². The topological polar surface area (TPSA) is 77.9 Å². The van der Waals surface area contributed by atoms with E-state index >= 15 is 0 Å². The summed E-state index contributed by atoms with van der Waals surface area (Å²) in [6, 6.07) is 17.3. The lowest BCUT2D eigenvalue weighted by Gasteiger charge is -2.38. The Labute approximate surface area is 265 Å². The van der Waals surface area contributed by atoms with Crippen molar-refractivity contribution in [1.82, 2.24) is 9.80 Å². The van der Waals surface area contributed by atoms with E-state index in [9.17, 15) is 28.3 Å². The molecule has 2 unspecified atom stereocenters. The van der Waals surface area contributed by atoms with Crippen molar-refractivity contribution in [2.24, 2.45) is 11.8 Å². The molecule has 1 aliphatic heterocycles. The quantitative estimate of drug-likeness (QED) is 0.212. The lowest BCUT2D eigenvalue weighted by Crippen LogP contribution is -2.46. The second-order valence-electron chi connectivity index (χ2n) is 12.3. The molecule has 0 aromatic heterocycles. The third kappa shape index (κ3) is 9.07. The van der Waals surface area contributed by atoms with Crippen LogP contribution in [0.25, 0.3) is 0 Å². The van der Waals surface area contributed by atoms with Crippen LogP contribution in [0.5, 0.6) is 0 Å². The number of piperidine rings is 1. The average Bonchev–Trinajstić information content (AvgIpc) is 3.03. The molecule has 4 rings (SSSR count). The van der Waals surface area contributed by atoms with Crippen LogP contribution in [0.15, 0.2) is 66.7 Å². The number of nitrogens with zero attached hydrogens (tertiary/aromatic N) is 2. The number of halogens is 2. The molecule has 0 radical (unpaired) electrons. The van der Waals surface area contributed by atoms with Gasteiger partial charge in [0.15, 0.2) is 5.78 Å². The minimum atomic E-state index is -1.01. The van der Waals surface area contributed by atoms with E-state index in [0.717, 1.165) is 24.5 Å². The lowest BCUT2D eigenvalue weighted by atomic mass is 9.79. The fraction of sp³-hybridized carbons (Fsp3) is 0.432. The molecule has 45 heavy (non-hydrogen) atoms. The lowest BCUT2D eigenvalue weighted by molar-refractivity contribution is 0.0101. The van der Waals surface area contributed by atoms with Crippen molar-refractivity contribution >= 4 is 17.6 Å². The summed E-state index contributed by atoms with van der Waals surface area (Å²) in [4.78, 5) is 43.9. The van der Waals surface area contributed by atoms with Gasteiger partial charge in [-0.1, -0.05) is 32.0 Å². The smallest absolute Gasteiger partial charge is 0.253 e. The van der Waals surface area contributed by atoms with Crippen molar-refractivity contribution in [3.05, 3.63) is 106 Å². The van der Waals surface area contributed by atoms with E-state index in [1.807, 2.05) is 26.8 Å². The molecule has 3 aromatic rings. The van der Waals surface area contributed by atoms with E-state index < -0.39 is 23.7 Å². The van der Waals surface area contributed by atoms with Crippen LogP contribution in [-0.4, -0.2) is 64.8 Å². The van der Waals surface area contributed by atoms with E-state index in [2.05, 4.69) is 0 Å². The molecule has 0 spiro atoms. The maximum absolute atomic E-state index is 14.2. The molecule has 1 fully saturated rings. The van der Waals surface area contributed by atoms with Crippen LogP contribution in [-0.2, 0) is 6.42 Å². The monoisotopic (exact) mass is 618 g/mol. The van der Waals surface area contributed by atoms with Crippen LogP contribution in [0, 0.1) is 30.4 Å². The Morgan fingerprint density at radius 3 is 2.20 bits per heavy atom. The highest BCUT2D eigenvalue weighted by atomic mass is 19.1. The molecule has 1 saturated heterocycles. The Hall–Kier alpha value is -3.91. The van der Waals surface area contributed by atoms with E-state index in [1.54, 1.807) is 52.3 Å². The normalized spacial score (nSPS) is 16.2. The number of aliphatic hydroxyl groups is 1. The highest BCUT2D eigenvalue weighted by Gasteiger charge is 2.35. The first-order valence-electron chi connectivity index (χ1n) is 16.0. The van der Waals surface area contributed by atoms with Crippen LogP contribution < -0.4 is 0 Å². The molecule has 0 bridgehead atoms. The average molecular weight is 619 g/mol. The molecule has 1 heterocycles. The minimum Gasteiger partial charge on any atom is -0.392 e. The number of aryl methyl sites for hydroxylation is 1. The zero-order valence-corrected chi connectivity index (χ0v) is 26.5. The van der Waals surface area contributed by atoms with Crippen LogP contribution in [0.3, 0.4) is 0 Å². The molecule has 1 aliphatic rings. The van der Waals surface area contributed by atoms with Gasteiger partial charge in [-0.25, -0.2) is 8.78 Å². The SMILES string of the molecule is CCCN(CCC)C(=O)c1cc(C)cc(C(=O)CC(Cc2cc(F)cc(F)c2)[C@H](O)C2CCCN(C(=O)c3ccccc3)C2)c1. The summed E-state index contributed by atoms with van der Waals surface area (Å²) in [7, 11) is 0.